The lowest BCUT2D eigenvalue weighted by Gasteiger charge is -2.29. The number of rotatable bonds is 4. The van der Waals surface area contributed by atoms with Crippen LogP contribution in [0.25, 0.3) is 0 Å². The maximum Gasteiger partial charge on any atom is 0.282 e. The molecule has 0 saturated carbocycles. The van der Waals surface area contributed by atoms with Crippen molar-refractivity contribution in [1.82, 2.24) is 0 Å². The van der Waals surface area contributed by atoms with E-state index in [9.17, 15) is 10.1 Å². The quantitative estimate of drug-likeness (QED) is 0.497. The van der Waals surface area contributed by atoms with E-state index < -0.39 is 0 Å². The minimum atomic E-state index is -0.354. The van der Waals surface area contributed by atoms with Crippen molar-refractivity contribution in [2.24, 2.45) is 5.92 Å². The van der Waals surface area contributed by atoms with Crippen molar-refractivity contribution in [2.75, 3.05) is 18.5 Å². The molecule has 1 atom stereocenters. The summed E-state index contributed by atoms with van der Waals surface area (Å²) in [5.41, 5.74) is 1.10. The second-order valence-electron chi connectivity index (χ2n) is 4.81. The lowest BCUT2D eigenvalue weighted by molar-refractivity contribution is -0.385. The SMILES string of the molecule is CC(Nc1ccc([N+](=O)[O-])c(I)c1)C1CCOCC1. The molecule has 19 heavy (non-hydrogen) atoms. The molecule has 104 valence electrons. The van der Waals surface area contributed by atoms with Gasteiger partial charge in [-0.1, -0.05) is 0 Å². The fourth-order valence-electron chi connectivity index (χ4n) is 2.34. The molecule has 5 nitrogen and oxygen atoms in total. The fourth-order valence-corrected chi connectivity index (χ4v) is 3.05. The van der Waals surface area contributed by atoms with E-state index in [0.717, 1.165) is 31.7 Å². The zero-order valence-electron chi connectivity index (χ0n) is 10.8. The Balaban J connectivity index is 2.02. The molecule has 0 bridgehead atoms. The van der Waals surface area contributed by atoms with Gasteiger partial charge in [-0.3, -0.25) is 10.1 Å². The normalized spacial score (nSPS) is 18.0. The number of hydrogen-bond donors (Lipinski definition) is 1. The van der Waals surface area contributed by atoms with Gasteiger partial charge in [0.15, 0.2) is 0 Å². The number of nitrogens with zero attached hydrogens (tertiary/aromatic N) is 1. The third-order valence-electron chi connectivity index (χ3n) is 3.51. The number of nitro benzene ring substituents is 1. The fraction of sp³-hybridized carbons (Fsp3) is 0.538. The Morgan fingerprint density at radius 1 is 1.47 bits per heavy atom. The average molecular weight is 376 g/mol. The Hall–Kier alpha value is -0.890. The number of benzene rings is 1. The van der Waals surface area contributed by atoms with Gasteiger partial charge in [0.05, 0.1) is 8.49 Å². The van der Waals surface area contributed by atoms with Gasteiger partial charge in [-0.15, -0.1) is 0 Å². The van der Waals surface area contributed by atoms with Crippen LogP contribution < -0.4 is 5.32 Å². The van der Waals surface area contributed by atoms with Crippen LogP contribution in [0.1, 0.15) is 19.8 Å². The average Bonchev–Trinajstić information content (AvgIpc) is 2.39. The van der Waals surface area contributed by atoms with Crippen molar-refractivity contribution in [1.29, 1.82) is 0 Å². The minimum Gasteiger partial charge on any atom is -0.382 e. The van der Waals surface area contributed by atoms with Crippen molar-refractivity contribution >= 4 is 34.0 Å². The molecule has 0 spiro atoms. The lowest BCUT2D eigenvalue weighted by Crippen LogP contribution is -2.30. The smallest absolute Gasteiger partial charge is 0.282 e. The largest absolute Gasteiger partial charge is 0.382 e. The van der Waals surface area contributed by atoms with E-state index in [1.807, 2.05) is 28.7 Å². The number of ether oxygens (including phenoxy) is 1. The Bertz CT molecular complexity index is 461. The van der Waals surface area contributed by atoms with Crippen LogP contribution in [0.4, 0.5) is 11.4 Å². The van der Waals surface area contributed by atoms with Gasteiger partial charge in [-0.2, -0.15) is 0 Å². The van der Waals surface area contributed by atoms with Crippen LogP contribution in [-0.4, -0.2) is 24.2 Å². The van der Waals surface area contributed by atoms with Crippen LogP contribution in [0.5, 0.6) is 0 Å². The number of hydrogen-bond acceptors (Lipinski definition) is 4. The molecule has 0 amide bonds. The van der Waals surface area contributed by atoms with Gasteiger partial charge in [-0.25, -0.2) is 0 Å². The molecule has 2 rings (SSSR count). The molecule has 0 aliphatic carbocycles. The van der Waals surface area contributed by atoms with E-state index in [1.165, 1.54) is 0 Å². The minimum absolute atomic E-state index is 0.157. The number of nitrogens with one attached hydrogen (secondary N) is 1. The first-order chi connectivity index (χ1) is 9.08. The highest BCUT2D eigenvalue weighted by atomic mass is 127. The van der Waals surface area contributed by atoms with E-state index in [0.29, 0.717) is 15.5 Å². The van der Waals surface area contributed by atoms with Crippen molar-refractivity contribution in [3.05, 3.63) is 31.9 Å². The summed E-state index contributed by atoms with van der Waals surface area (Å²) in [6.07, 6.45) is 2.14. The Labute approximate surface area is 126 Å². The molecule has 1 N–H and O–H groups in total. The van der Waals surface area contributed by atoms with Crippen molar-refractivity contribution in [2.45, 2.75) is 25.8 Å². The van der Waals surface area contributed by atoms with E-state index in [2.05, 4.69) is 12.2 Å². The molecule has 1 aromatic carbocycles. The van der Waals surface area contributed by atoms with Crippen molar-refractivity contribution in [3.8, 4) is 0 Å². The van der Waals surface area contributed by atoms with Gasteiger partial charge in [0, 0.05) is 31.0 Å². The summed E-state index contributed by atoms with van der Waals surface area (Å²) in [5, 5.41) is 14.2. The maximum absolute atomic E-state index is 10.8. The van der Waals surface area contributed by atoms with Gasteiger partial charge in [0.25, 0.3) is 5.69 Å². The maximum atomic E-state index is 10.8. The third-order valence-corrected chi connectivity index (χ3v) is 4.38. The number of halogens is 1. The molecule has 1 aliphatic rings. The molecule has 0 radical (unpaired) electrons. The van der Waals surface area contributed by atoms with Crippen molar-refractivity contribution in [3.63, 3.8) is 0 Å². The summed E-state index contributed by atoms with van der Waals surface area (Å²) in [7, 11) is 0. The van der Waals surface area contributed by atoms with Crippen LogP contribution in [-0.2, 0) is 4.74 Å². The van der Waals surface area contributed by atoms with Crippen LogP contribution in [0, 0.1) is 19.6 Å². The molecular formula is C13H17IN2O3. The first kappa shape index (κ1) is 14.5. The van der Waals surface area contributed by atoms with Crippen LogP contribution in [0.3, 0.4) is 0 Å². The topological polar surface area (TPSA) is 64.4 Å². The molecule has 1 heterocycles. The Morgan fingerprint density at radius 2 is 2.16 bits per heavy atom. The molecule has 6 heteroatoms. The van der Waals surface area contributed by atoms with Crippen LogP contribution >= 0.6 is 22.6 Å². The van der Waals surface area contributed by atoms with Gasteiger partial charge in [-0.05, 0) is 60.4 Å². The molecule has 1 saturated heterocycles. The molecule has 1 unspecified atom stereocenters. The lowest BCUT2D eigenvalue weighted by atomic mass is 9.93. The monoisotopic (exact) mass is 376 g/mol. The summed E-state index contributed by atoms with van der Waals surface area (Å²) in [6.45, 7) is 3.81. The van der Waals surface area contributed by atoms with Crippen molar-refractivity contribution < 1.29 is 9.66 Å². The van der Waals surface area contributed by atoms with Gasteiger partial charge in [0.2, 0.25) is 0 Å². The van der Waals surface area contributed by atoms with E-state index >= 15 is 0 Å². The highest BCUT2D eigenvalue weighted by Gasteiger charge is 2.21. The highest BCUT2D eigenvalue weighted by Crippen LogP contribution is 2.26. The van der Waals surface area contributed by atoms with Gasteiger partial charge in [0.1, 0.15) is 0 Å². The Kier molecular flexibility index (Phi) is 4.98. The van der Waals surface area contributed by atoms with Gasteiger partial charge >= 0.3 is 0 Å². The molecular weight excluding hydrogens is 359 g/mol. The first-order valence-electron chi connectivity index (χ1n) is 6.36. The van der Waals surface area contributed by atoms with Gasteiger partial charge < -0.3 is 10.1 Å². The van der Waals surface area contributed by atoms with E-state index in [-0.39, 0.29) is 10.6 Å². The summed E-state index contributed by atoms with van der Waals surface area (Å²) >= 11 is 2.00. The summed E-state index contributed by atoms with van der Waals surface area (Å²) in [6, 6.07) is 5.51. The Morgan fingerprint density at radius 3 is 2.74 bits per heavy atom. The molecule has 0 aromatic heterocycles. The molecule has 1 aromatic rings. The second kappa shape index (κ2) is 6.51. The first-order valence-corrected chi connectivity index (χ1v) is 7.44. The van der Waals surface area contributed by atoms with E-state index in [1.54, 1.807) is 12.1 Å². The number of nitro groups is 1. The molecule has 1 aliphatic heterocycles. The highest BCUT2D eigenvalue weighted by molar-refractivity contribution is 14.1. The standard InChI is InChI=1S/C13H17IN2O3/c1-9(10-4-6-19-7-5-10)15-11-2-3-13(16(17)18)12(14)8-11/h2-3,8-10,15H,4-7H2,1H3. The zero-order valence-corrected chi connectivity index (χ0v) is 12.9. The summed E-state index contributed by atoms with van der Waals surface area (Å²) in [5.74, 6) is 0.599. The predicted octanol–water partition coefficient (Wildman–Crippen LogP) is 3.43. The van der Waals surface area contributed by atoms with E-state index in [4.69, 9.17) is 4.74 Å². The van der Waals surface area contributed by atoms with Crippen LogP contribution in [0.15, 0.2) is 18.2 Å². The summed E-state index contributed by atoms with van der Waals surface area (Å²) < 4.78 is 6.02. The second-order valence-corrected chi connectivity index (χ2v) is 5.97. The molecule has 1 fully saturated rings. The summed E-state index contributed by atoms with van der Waals surface area (Å²) in [4.78, 5) is 10.4. The number of anilines is 1. The van der Waals surface area contributed by atoms with Crippen LogP contribution in [0.2, 0.25) is 0 Å². The zero-order chi connectivity index (χ0) is 13.8. The third kappa shape index (κ3) is 3.79. The predicted molar refractivity (Wildman–Crippen MR) is 82.4 cm³/mol.